The predicted molar refractivity (Wildman–Crippen MR) is 71.5 cm³/mol. The minimum Gasteiger partial charge on any atom is -0.308 e. The fraction of sp³-hybridized carbons (Fsp3) is 0.357. The van der Waals surface area contributed by atoms with E-state index in [0.717, 1.165) is 24.0 Å². The zero-order chi connectivity index (χ0) is 12.4. The van der Waals surface area contributed by atoms with Gasteiger partial charge in [0.1, 0.15) is 0 Å². The lowest BCUT2D eigenvalue weighted by molar-refractivity contribution is 0.384. The lowest BCUT2D eigenvalue weighted by Gasteiger charge is -2.14. The van der Waals surface area contributed by atoms with E-state index in [1.165, 1.54) is 5.56 Å². The molecule has 1 heterocycles. The molecule has 3 heteroatoms. The molecule has 1 aromatic carbocycles. The van der Waals surface area contributed by atoms with E-state index in [0.29, 0.717) is 0 Å². The molecule has 90 valence electrons. The van der Waals surface area contributed by atoms with Gasteiger partial charge in [-0.15, -0.1) is 0 Å². The summed E-state index contributed by atoms with van der Waals surface area (Å²) in [6.45, 7) is 3.65. The van der Waals surface area contributed by atoms with E-state index in [4.69, 9.17) is 0 Å². The molecule has 0 saturated heterocycles. The molecule has 17 heavy (non-hydrogen) atoms. The first-order chi connectivity index (χ1) is 8.08. The summed E-state index contributed by atoms with van der Waals surface area (Å²) in [7, 11) is 4.03. The number of pyridine rings is 1. The quantitative estimate of drug-likeness (QED) is 0.804. The van der Waals surface area contributed by atoms with E-state index in [1.54, 1.807) is 6.07 Å². The first-order valence-electron chi connectivity index (χ1n) is 5.83. The highest BCUT2D eigenvalue weighted by molar-refractivity contribution is 5.79. The molecule has 0 atom stereocenters. The van der Waals surface area contributed by atoms with Gasteiger partial charge in [0.05, 0.1) is 5.52 Å². The van der Waals surface area contributed by atoms with Crippen molar-refractivity contribution < 1.29 is 0 Å². The second-order valence-electron chi connectivity index (χ2n) is 4.69. The Morgan fingerprint density at radius 3 is 2.59 bits per heavy atom. The van der Waals surface area contributed by atoms with Crippen LogP contribution >= 0.6 is 0 Å². The molecule has 3 nitrogen and oxygen atoms in total. The lowest BCUT2D eigenvalue weighted by atomic mass is 10.1. The molecule has 0 radical (unpaired) electrons. The summed E-state index contributed by atoms with van der Waals surface area (Å²) < 4.78 is 1.85. The number of nitrogens with zero attached hydrogens (tertiary/aromatic N) is 2. The molecule has 2 aromatic rings. The predicted octanol–water partition coefficient (Wildman–Crippen LogP) is 1.87. The van der Waals surface area contributed by atoms with Gasteiger partial charge < -0.3 is 9.47 Å². The summed E-state index contributed by atoms with van der Waals surface area (Å²) >= 11 is 0. The van der Waals surface area contributed by atoms with E-state index >= 15 is 0 Å². The van der Waals surface area contributed by atoms with Gasteiger partial charge in [-0.25, -0.2) is 0 Å². The fourth-order valence-electron chi connectivity index (χ4n) is 1.93. The first-order valence-corrected chi connectivity index (χ1v) is 5.83. The molecular formula is C14H18N2O. The maximum Gasteiger partial charge on any atom is 0.251 e. The third-order valence-corrected chi connectivity index (χ3v) is 2.92. The van der Waals surface area contributed by atoms with E-state index in [2.05, 4.69) is 23.1 Å². The zero-order valence-electron chi connectivity index (χ0n) is 10.6. The highest BCUT2D eigenvalue weighted by Crippen LogP contribution is 2.13. The Bertz CT molecular complexity index is 584. The number of hydrogen-bond donors (Lipinski definition) is 0. The Kier molecular flexibility index (Phi) is 3.29. The van der Waals surface area contributed by atoms with E-state index in [9.17, 15) is 4.79 Å². The van der Waals surface area contributed by atoms with Gasteiger partial charge in [0.25, 0.3) is 5.56 Å². The molecule has 0 aliphatic heterocycles. The molecule has 0 saturated carbocycles. The topological polar surface area (TPSA) is 25.2 Å². The smallest absolute Gasteiger partial charge is 0.251 e. The molecule has 0 fully saturated rings. The van der Waals surface area contributed by atoms with Crippen molar-refractivity contribution in [2.45, 2.75) is 13.5 Å². The SMILES string of the molecule is Cc1ccc2ccc(=O)n(CCN(C)C)c2c1. The first kappa shape index (κ1) is 11.9. The van der Waals surface area contributed by atoms with Crippen LogP contribution in [-0.4, -0.2) is 30.1 Å². The van der Waals surface area contributed by atoms with Crippen molar-refractivity contribution in [1.82, 2.24) is 9.47 Å². The Morgan fingerprint density at radius 1 is 1.18 bits per heavy atom. The van der Waals surface area contributed by atoms with Gasteiger partial charge in [-0.1, -0.05) is 12.1 Å². The summed E-state index contributed by atoms with van der Waals surface area (Å²) in [5.41, 5.74) is 2.28. The maximum atomic E-state index is 11.9. The number of hydrogen-bond acceptors (Lipinski definition) is 2. The molecule has 0 amide bonds. The van der Waals surface area contributed by atoms with Crippen molar-refractivity contribution in [2.75, 3.05) is 20.6 Å². The van der Waals surface area contributed by atoms with Crippen LogP contribution in [-0.2, 0) is 6.54 Å². The molecule has 2 rings (SSSR count). The van der Waals surface area contributed by atoms with Crippen LogP contribution in [0.25, 0.3) is 10.9 Å². The Morgan fingerprint density at radius 2 is 1.88 bits per heavy atom. The van der Waals surface area contributed by atoms with Gasteiger partial charge in [-0.05, 0) is 44.1 Å². The van der Waals surface area contributed by atoms with E-state index in [1.807, 2.05) is 31.7 Å². The molecule has 0 unspecified atom stereocenters. The minimum absolute atomic E-state index is 0.0740. The molecule has 0 N–H and O–H groups in total. The largest absolute Gasteiger partial charge is 0.308 e. The Balaban J connectivity index is 2.54. The monoisotopic (exact) mass is 230 g/mol. The molecule has 1 aromatic heterocycles. The van der Waals surface area contributed by atoms with Crippen molar-refractivity contribution in [1.29, 1.82) is 0 Å². The van der Waals surface area contributed by atoms with Crippen LogP contribution in [0.1, 0.15) is 5.56 Å². The number of benzene rings is 1. The fourth-order valence-corrected chi connectivity index (χ4v) is 1.93. The second-order valence-corrected chi connectivity index (χ2v) is 4.69. The van der Waals surface area contributed by atoms with Crippen molar-refractivity contribution in [2.24, 2.45) is 0 Å². The third-order valence-electron chi connectivity index (χ3n) is 2.92. The van der Waals surface area contributed by atoms with Gasteiger partial charge in [-0.3, -0.25) is 4.79 Å². The van der Waals surface area contributed by atoms with Crippen molar-refractivity contribution in [3.05, 3.63) is 46.2 Å². The maximum absolute atomic E-state index is 11.9. The van der Waals surface area contributed by atoms with Gasteiger partial charge in [0.15, 0.2) is 0 Å². The summed E-state index contributed by atoms with van der Waals surface area (Å²) in [4.78, 5) is 14.0. The number of likely N-dealkylation sites (N-methyl/N-ethyl adjacent to an activating group) is 1. The standard InChI is InChI=1S/C14H18N2O/c1-11-4-5-12-6-7-14(17)16(13(12)10-11)9-8-15(2)3/h4-7,10H,8-9H2,1-3H3. The summed E-state index contributed by atoms with van der Waals surface area (Å²) in [5.74, 6) is 0. The van der Waals surface area contributed by atoms with Gasteiger partial charge in [-0.2, -0.15) is 0 Å². The lowest BCUT2D eigenvalue weighted by Crippen LogP contribution is -2.26. The average Bonchev–Trinajstić information content (AvgIpc) is 2.27. The van der Waals surface area contributed by atoms with Crippen LogP contribution in [0.2, 0.25) is 0 Å². The average molecular weight is 230 g/mol. The van der Waals surface area contributed by atoms with Crippen LogP contribution in [0.3, 0.4) is 0 Å². The highest BCUT2D eigenvalue weighted by atomic mass is 16.1. The number of aryl methyl sites for hydroxylation is 1. The Labute approximate surface area is 101 Å². The van der Waals surface area contributed by atoms with Crippen molar-refractivity contribution >= 4 is 10.9 Å². The van der Waals surface area contributed by atoms with Gasteiger partial charge >= 0.3 is 0 Å². The zero-order valence-corrected chi connectivity index (χ0v) is 10.6. The van der Waals surface area contributed by atoms with Crippen LogP contribution in [0, 0.1) is 6.92 Å². The number of fused-ring (bicyclic) bond motifs is 1. The normalized spacial score (nSPS) is 11.3. The van der Waals surface area contributed by atoms with Crippen LogP contribution < -0.4 is 5.56 Å². The summed E-state index contributed by atoms with van der Waals surface area (Å²) in [6.07, 6.45) is 0. The van der Waals surface area contributed by atoms with Crippen LogP contribution in [0.15, 0.2) is 35.1 Å². The summed E-state index contributed by atoms with van der Waals surface area (Å²) in [6, 6.07) is 9.75. The molecule has 0 aliphatic carbocycles. The van der Waals surface area contributed by atoms with E-state index < -0.39 is 0 Å². The molecule has 0 aliphatic rings. The summed E-state index contributed by atoms with van der Waals surface area (Å²) in [5, 5.41) is 1.12. The van der Waals surface area contributed by atoms with Gasteiger partial charge in [0, 0.05) is 19.2 Å². The minimum atomic E-state index is 0.0740. The highest BCUT2D eigenvalue weighted by Gasteiger charge is 2.03. The van der Waals surface area contributed by atoms with Crippen LogP contribution in [0.4, 0.5) is 0 Å². The number of rotatable bonds is 3. The van der Waals surface area contributed by atoms with Crippen LogP contribution in [0.5, 0.6) is 0 Å². The van der Waals surface area contributed by atoms with Crippen molar-refractivity contribution in [3.63, 3.8) is 0 Å². The van der Waals surface area contributed by atoms with Crippen molar-refractivity contribution in [3.8, 4) is 0 Å². The van der Waals surface area contributed by atoms with E-state index in [-0.39, 0.29) is 5.56 Å². The molecule has 0 bridgehead atoms. The molecular weight excluding hydrogens is 212 g/mol. The number of aromatic nitrogens is 1. The van der Waals surface area contributed by atoms with Gasteiger partial charge in [0.2, 0.25) is 0 Å². The Hall–Kier alpha value is -1.61. The molecule has 0 spiro atoms. The second kappa shape index (κ2) is 4.72. The third kappa shape index (κ3) is 2.56.